The maximum atomic E-state index is 12.9. The monoisotopic (exact) mass is 459 g/mol. The lowest BCUT2D eigenvalue weighted by atomic mass is 10.1. The highest BCUT2D eigenvalue weighted by Crippen LogP contribution is 2.58. The quantitative estimate of drug-likeness (QED) is 0.305. The van der Waals surface area contributed by atoms with E-state index in [9.17, 15) is 14.9 Å². The van der Waals surface area contributed by atoms with Crippen LogP contribution in [0.15, 0.2) is 54.6 Å². The van der Waals surface area contributed by atoms with Crippen molar-refractivity contribution in [1.29, 1.82) is 5.26 Å². The van der Waals surface area contributed by atoms with E-state index in [4.69, 9.17) is 14.2 Å². The van der Waals surface area contributed by atoms with E-state index in [1.165, 1.54) is 0 Å². The molecular formula is C28H29NO5. The smallest absolute Gasteiger partial charge is 0.384 e. The number of nitriles is 1. The third-order valence-electron chi connectivity index (χ3n) is 6.12. The molecule has 6 heteroatoms. The van der Waals surface area contributed by atoms with Crippen molar-refractivity contribution in [2.24, 2.45) is 17.3 Å². The lowest BCUT2D eigenvalue weighted by Gasteiger charge is -2.21. The fraction of sp³-hybridized carbons (Fsp3) is 0.393. The second kappa shape index (κ2) is 10.0. The van der Waals surface area contributed by atoms with Gasteiger partial charge in [-0.25, -0.2) is 4.79 Å². The van der Waals surface area contributed by atoms with Crippen molar-refractivity contribution in [3.8, 4) is 29.4 Å². The van der Waals surface area contributed by atoms with Crippen LogP contribution in [-0.4, -0.2) is 17.5 Å². The standard InChI is InChI=1S/C28H29NO5/c1-6-27(2,3)34-24(30)16-15-22-25(28(22,4)5)26(31)33-23(18-29)19-11-10-14-21(17-19)32-20-12-8-7-9-13-20/h7-14,17,22-23,25H,6H2,1-5H3/t22-,23+,25-/m0/s1. The van der Waals surface area contributed by atoms with Crippen LogP contribution < -0.4 is 4.74 Å². The summed E-state index contributed by atoms with van der Waals surface area (Å²) in [6.07, 6.45) is -0.426. The molecule has 0 amide bonds. The summed E-state index contributed by atoms with van der Waals surface area (Å²) in [5.74, 6) is 4.53. The van der Waals surface area contributed by atoms with Crippen LogP contribution in [0.2, 0.25) is 0 Å². The highest BCUT2D eigenvalue weighted by Gasteiger charge is 2.62. The normalized spacial score (nSPS) is 18.9. The molecule has 3 rings (SSSR count). The maximum Gasteiger partial charge on any atom is 0.384 e. The van der Waals surface area contributed by atoms with Crippen molar-refractivity contribution in [3.05, 3.63) is 60.2 Å². The van der Waals surface area contributed by atoms with Gasteiger partial charge in [0.05, 0.1) is 5.92 Å². The molecule has 0 bridgehead atoms. The van der Waals surface area contributed by atoms with Gasteiger partial charge in [0.2, 0.25) is 6.10 Å². The summed E-state index contributed by atoms with van der Waals surface area (Å²) in [6.45, 7) is 9.32. The third kappa shape index (κ3) is 5.97. The Hall–Kier alpha value is -3.77. The number of rotatable bonds is 7. The maximum absolute atomic E-state index is 12.9. The molecular weight excluding hydrogens is 430 g/mol. The van der Waals surface area contributed by atoms with E-state index in [1.807, 2.05) is 71.0 Å². The summed E-state index contributed by atoms with van der Waals surface area (Å²) in [5.41, 5.74) is -0.555. The molecule has 2 aromatic rings. The van der Waals surface area contributed by atoms with Gasteiger partial charge in [-0.05, 0) is 49.9 Å². The Morgan fingerprint density at radius 2 is 1.76 bits per heavy atom. The molecule has 0 aromatic heterocycles. The van der Waals surface area contributed by atoms with Crippen LogP contribution in [0.4, 0.5) is 0 Å². The molecule has 2 aromatic carbocycles. The number of para-hydroxylation sites is 1. The summed E-state index contributed by atoms with van der Waals surface area (Å²) in [4.78, 5) is 24.9. The van der Waals surface area contributed by atoms with Crippen molar-refractivity contribution in [1.82, 2.24) is 0 Å². The van der Waals surface area contributed by atoms with Gasteiger partial charge >= 0.3 is 11.9 Å². The number of carbonyl (C=O) groups is 2. The molecule has 1 aliphatic carbocycles. The van der Waals surface area contributed by atoms with Gasteiger partial charge in [0.1, 0.15) is 23.2 Å². The molecule has 0 radical (unpaired) electrons. The van der Waals surface area contributed by atoms with E-state index >= 15 is 0 Å². The Labute approximate surface area is 200 Å². The van der Waals surface area contributed by atoms with Gasteiger partial charge in [-0.1, -0.05) is 57.0 Å². The lowest BCUT2D eigenvalue weighted by Crippen LogP contribution is -2.26. The van der Waals surface area contributed by atoms with Crippen molar-refractivity contribution in [2.75, 3.05) is 0 Å². The molecule has 0 saturated heterocycles. The molecule has 1 saturated carbocycles. The van der Waals surface area contributed by atoms with Gasteiger partial charge in [0, 0.05) is 17.4 Å². The first-order valence-electron chi connectivity index (χ1n) is 11.2. The number of nitrogens with zero attached hydrogens (tertiary/aromatic N) is 1. The predicted octanol–water partition coefficient (Wildman–Crippen LogP) is 5.59. The Balaban J connectivity index is 1.66. The molecule has 0 aliphatic heterocycles. The average Bonchev–Trinajstić information content (AvgIpc) is 3.36. The van der Waals surface area contributed by atoms with Crippen LogP contribution in [-0.2, 0) is 19.1 Å². The van der Waals surface area contributed by atoms with Crippen LogP contribution in [0, 0.1) is 40.4 Å². The molecule has 34 heavy (non-hydrogen) atoms. The van der Waals surface area contributed by atoms with Crippen LogP contribution in [0.3, 0.4) is 0 Å². The van der Waals surface area contributed by atoms with E-state index in [0.29, 0.717) is 23.5 Å². The first-order chi connectivity index (χ1) is 16.1. The van der Waals surface area contributed by atoms with Gasteiger partial charge in [0.15, 0.2) is 0 Å². The molecule has 6 nitrogen and oxygen atoms in total. The van der Waals surface area contributed by atoms with Gasteiger partial charge in [-0.2, -0.15) is 5.26 Å². The summed E-state index contributed by atoms with van der Waals surface area (Å²) in [5, 5.41) is 9.66. The Morgan fingerprint density at radius 1 is 1.09 bits per heavy atom. The van der Waals surface area contributed by atoms with Crippen LogP contribution in [0.1, 0.15) is 52.7 Å². The van der Waals surface area contributed by atoms with E-state index in [0.717, 1.165) is 0 Å². The van der Waals surface area contributed by atoms with E-state index in [2.05, 4.69) is 11.8 Å². The Kier molecular flexibility index (Phi) is 7.32. The first-order valence-corrected chi connectivity index (χ1v) is 11.2. The van der Waals surface area contributed by atoms with E-state index < -0.39 is 35.0 Å². The minimum atomic E-state index is -1.09. The number of hydrogen-bond acceptors (Lipinski definition) is 6. The van der Waals surface area contributed by atoms with E-state index in [-0.39, 0.29) is 5.92 Å². The second-order valence-electron chi connectivity index (χ2n) is 9.48. The second-order valence-corrected chi connectivity index (χ2v) is 9.48. The van der Waals surface area contributed by atoms with Crippen molar-refractivity contribution in [2.45, 2.75) is 52.7 Å². The van der Waals surface area contributed by atoms with Gasteiger partial charge in [-0.3, -0.25) is 4.79 Å². The molecule has 1 fully saturated rings. The number of benzene rings is 2. The summed E-state index contributed by atoms with van der Waals surface area (Å²) >= 11 is 0. The molecule has 0 unspecified atom stereocenters. The highest BCUT2D eigenvalue weighted by molar-refractivity contribution is 5.89. The zero-order valence-electron chi connectivity index (χ0n) is 20.1. The molecule has 1 aliphatic rings. The van der Waals surface area contributed by atoms with Gasteiger partial charge in [0.25, 0.3) is 0 Å². The zero-order valence-corrected chi connectivity index (χ0v) is 20.1. The number of hydrogen-bond donors (Lipinski definition) is 0. The third-order valence-corrected chi connectivity index (χ3v) is 6.12. The van der Waals surface area contributed by atoms with Gasteiger partial charge < -0.3 is 14.2 Å². The highest BCUT2D eigenvalue weighted by atomic mass is 16.6. The topological polar surface area (TPSA) is 85.6 Å². The SMILES string of the molecule is CCC(C)(C)OC(=O)C#C[C@H]1[C@@H](C(=O)O[C@H](C#N)c2cccc(Oc3ccccc3)c2)C1(C)C. The number of ether oxygens (including phenoxy) is 3. The minimum absolute atomic E-state index is 0.357. The molecule has 0 heterocycles. The lowest BCUT2D eigenvalue weighted by molar-refractivity contribution is -0.150. The van der Waals surface area contributed by atoms with Crippen LogP contribution in [0.5, 0.6) is 11.5 Å². The average molecular weight is 460 g/mol. The van der Waals surface area contributed by atoms with E-state index in [1.54, 1.807) is 24.3 Å². The van der Waals surface area contributed by atoms with Crippen LogP contribution >= 0.6 is 0 Å². The summed E-state index contributed by atoms with van der Waals surface area (Å²) in [6, 6.07) is 18.2. The largest absolute Gasteiger partial charge is 0.457 e. The Bertz CT molecular complexity index is 1150. The first kappa shape index (κ1) is 24.9. The zero-order chi connectivity index (χ0) is 24.9. The van der Waals surface area contributed by atoms with Crippen molar-refractivity contribution >= 4 is 11.9 Å². The van der Waals surface area contributed by atoms with Crippen molar-refractivity contribution < 1.29 is 23.8 Å². The summed E-state index contributed by atoms with van der Waals surface area (Å²) in [7, 11) is 0. The number of esters is 2. The molecule has 0 spiro atoms. The fourth-order valence-corrected chi connectivity index (χ4v) is 3.56. The molecule has 3 atom stereocenters. The van der Waals surface area contributed by atoms with Crippen LogP contribution in [0.25, 0.3) is 0 Å². The molecule has 176 valence electrons. The number of carbonyl (C=O) groups excluding carboxylic acids is 2. The summed E-state index contributed by atoms with van der Waals surface area (Å²) < 4.78 is 16.7. The predicted molar refractivity (Wildman–Crippen MR) is 126 cm³/mol. The fourth-order valence-electron chi connectivity index (χ4n) is 3.56. The minimum Gasteiger partial charge on any atom is -0.457 e. The Morgan fingerprint density at radius 3 is 2.41 bits per heavy atom. The molecule has 0 N–H and O–H groups in total. The van der Waals surface area contributed by atoms with Crippen molar-refractivity contribution in [3.63, 3.8) is 0 Å². The van der Waals surface area contributed by atoms with Gasteiger partial charge in [-0.15, -0.1) is 0 Å².